The number of nitrogens with one attached hydrogen (secondary N) is 1. The first-order valence-electron chi connectivity index (χ1n) is 8.25. The van der Waals surface area contributed by atoms with Crippen LogP contribution in [0.15, 0.2) is 24.3 Å². The van der Waals surface area contributed by atoms with Crippen LogP contribution < -0.4 is 11.1 Å². The van der Waals surface area contributed by atoms with Crippen LogP contribution in [0.25, 0.3) is 0 Å². The number of aryl methyl sites for hydroxylation is 2. The molecule has 0 atom stereocenters. The van der Waals surface area contributed by atoms with Crippen molar-refractivity contribution in [1.82, 2.24) is 5.32 Å². The predicted octanol–water partition coefficient (Wildman–Crippen LogP) is 2.34. The third kappa shape index (κ3) is 4.86. The Kier molecular flexibility index (Phi) is 5.99. The molecule has 4 heteroatoms. The minimum Gasteiger partial charge on any atom is -0.369 e. The highest BCUT2D eigenvalue weighted by atomic mass is 16.2. The number of hydrogen-bond acceptors (Lipinski definition) is 2. The van der Waals surface area contributed by atoms with Gasteiger partial charge in [-0.25, -0.2) is 0 Å². The smallest absolute Gasteiger partial charge is 0.220 e. The van der Waals surface area contributed by atoms with Crippen LogP contribution in [0.1, 0.15) is 50.2 Å². The monoisotopic (exact) mass is 302 g/mol. The number of rotatable bonds is 6. The predicted molar refractivity (Wildman–Crippen MR) is 87.2 cm³/mol. The average molecular weight is 302 g/mol. The zero-order valence-electron chi connectivity index (χ0n) is 13.3. The molecule has 0 bridgehead atoms. The van der Waals surface area contributed by atoms with Crippen molar-refractivity contribution in [3.63, 3.8) is 0 Å². The van der Waals surface area contributed by atoms with E-state index in [1.807, 2.05) is 0 Å². The molecule has 1 aromatic carbocycles. The summed E-state index contributed by atoms with van der Waals surface area (Å²) < 4.78 is 0. The lowest BCUT2D eigenvalue weighted by molar-refractivity contribution is -0.123. The maximum atomic E-state index is 12.0. The second kappa shape index (κ2) is 7.97. The number of carbonyl (C=O) groups excluding carboxylic acids is 2. The van der Waals surface area contributed by atoms with E-state index in [0.29, 0.717) is 6.42 Å². The van der Waals surface area contributed by atoms with Gasteiger partial charge >= 0.3 is 0 Å². The van der Waals surface area contributed by atoms with E-state index < -0.39 is 0 Å². The Labute approximate surface area is 132 Å². The van der Waals surface area contributed by atoms with Gasteiger partial charge in [-0.2, -0.15) is 0 Å². The molecule has 0 unspecified atom stereocenters. The molecule has 1 fully saturated rings. The number of hydrogen-bond donors (Lipinski definition) is 2. The van der Waals surface area contributed by atoms with Crippen LogP contribution in [0, 0.1) is 5.92 Å². The summed E-state index contributed by atoms with van der Waals surface area (Å²) in [4.78, 5) is 23.1. The Bertz CT molecular complexity index is 502. The van der Waals surface area contributed by atoms with Crippen molar-refractivity contribution in [3.8, 4) is 0 Å². The van der Waals surface area contributed by atoms with Gasteiger partial charge < -0.3 is 11.1 Å². The third-order valence-corrected chi connectivity index (χ3v) is 4.57. The topological polar surface area (TPSA) is 72.2 Å². The molecule has 1 saturated carbocycles. The van der Waals surface area contributed by atoms with Crippen LogP contribution in [-0.4, -0.2) is 17.9 Å². The first kappa shape index (κ1) is 16.5. The molecule has 3 N–H and O–H groups in total. The van der Waals surface area contributed by atoms with Gasteiger partial charge in [0.2, 0.25) is 11.8 Å². The van der Waals surface area contributed by atoms with Crippen molar-refractivity contribution in [3.05, 3.63) is 35.4 Å². The second-order valence-electron chi connectivity index (χ2n) is 6.19. The van der Waals surface area contributed by atoms with Crippen molar-refractivity contribution in [2.45, 2.75) is 57.9 Å². The van der Waals surface area contributed by atoms with Crippen LogP contribution in [0.5, 0.6) is 0 Å². The van der Waals surface area contributed by atoms with Gasteiger partial charge in [0.05, 0.1) is 0 Å². The molecular formula is C18H26N2O2. The summed E-state index contributed by atoms with van der Waals surface area (Å²) >= 11 is 0. The van der Waals surface area contributed by atoms with Crippen LogP contribution in [0.3, 0.4) is 0 Å². The molecule has 0 aromatic heterocycles. The van der Waals surface area contributed by atoms with E-state index in [1.165, 1.54) is 11.1 Å². The van der Waals surface area contributed by atoms with Gasteiger partial charge in [0.15, 0.2) is 0 Å². The molecule has 0 spiro atoms. The lowest BCUT2D eigenvalue weighted by atomic mass is 9.85. The van der Waals surface area contributed by atoms with E-state index in [1.54, 1.807) is 0 Å². The van der Waals surface area contributed by atoms with Crippen LogP contribution in [0.4, 0.5) is 0 Å². The maximum Gasteiger partial charge on any atom is 0.220 e. The average Bonchev–Trinajstić information content (AvgIpc) is 2.54. The van der Waals surface area contributed by atoms with E-state index in [2.05, 4.69) is 36.5 Å². The largest absolute Gasteiger partial charge is 0.369 e. The van der Waals surface area contributed by atoms with Gasteiger partial charge in [-0.05, 0) is 49.7 Å². The summed E-state index contributed by atoms with van der Waals surface area (Å²) in [6.45, 7) is 2.13. The van der Waals surface area contributed by atoms with Gasteiger partial charge in [0.1, 0.15) is 0 Å². The Morgan fingerprint density at radius 1 is 1.09 bits per heavy atom. The summed E-state index contributed by atoms with van der Waals surface area (Å²) in [6.07, 6.45) is 5.61. The van der Waals surface area contributed by atoms with Gasteiger partial charge in [0.25, 0.3) is 0 Å². The SMILES string of the molecule is CCc1ccc(CCC(=O)NC2CCC(C(N)=O)CC2)cc1. The molecule has 2 amide bonds. The zero-order valence-corrected chi connectivity index (χ0v) is 13.3. The van der Waals surface area contributed by atoms with Crippen molar-refractivity contribution < 1.29 is 9.59 Å². The highest BCUT2D eigenvalue weighted by Gasteiger charge is 2.25. The van der Waals surface area contributed by atoms with Crippen molar-refractivity contribution >= 4 is 11.8 Å². The first-order valence-corrected chi connectivity index (χ1v) is 8.25. The van der Waals surface area contributed by atoms with Crippen LogP contribution in [0.2, 0.25) is 0 Å². The number of benzene rings is 1. The molecule has 22 heavy (non-hydrogen) atoms. The van der Waals surface area contributed by atoms with Crippen molar-refractivity contribution in [2.24, 2.45) is 11.7 Å². The standard InChI is InChI=1S/C18H26N2O2/c1-2-13-3-5-14(6-4-13)7-12-17(21)20-16-10-8-15(9-11-16)18(19)22/h3-6,15-16H,2,7-12H2,1H3,(H2,19,22)(H,20,21). The van der Waals surface area contributed by atoms with E-state index in [4.69, 9.17) is 5.73 Å². The number of primary amides is 1. The lowest BCUT2D eigenvalue weighted by Gasteiger charge is -2.27. The Morgan fingerprint density at radius 2 is 1.68 bits per heavy atom. The van der Waals surface area contributed by atoms with Gasteiger partial charge in [-0.3, -0.25) is 9.59 Å². The van der Waals surface area contributed by atoms with E-state index in [-0.39, 0.29) is 23.8 Å². The molecule has 120 valence electrons. The molecule has 0 heterocycles. The van der Waals surface area contributed by atoms with Crippen molar-refractivity contribution in [1.29, 1.82) is 0 Å². The number of nitrogens with two attached hydrogens (primary N) is 1. The fourth-order valence-electron chi connectivity index (χ4n) is 3.02. The molecule has 1 aromatic rings. The summed E-state index contributed by atoms with van der Waals surface area (Å²) in [5.74, 6) is -0.118. The fourth-order valence-corrected chi connectivity index (χ4v) is 3.02. The normalized spacial score (nSPS) is 21.3. The quantitative estimate of drug-likeness (QED) is 0.846. The van der Waals surface area contributed by atoms with E-state index in [0.717, 1.165) is 38.5 Å². The molecule has 1 aliphatic rings. The van der Waals surface area contributed by atoms with Gasteiger partial charge in [-0.1, -0.05) is 31.2 Å². The lowest BCUT2D eigenvalue weighted by Crippen LogP contribution is -2.39. The molecule has 0 radical (unpaired) electrons. The Morgan fingerprint density at radius 3 is 2.23 bits per heavy atom. The third-order valence-electron chi connectivity index (χ3n) is 4.57. The zero-order chi connectivity index (χ0) is 15.9. The number of carbonyl (C=O) groups is 2. The Balaban J connectivity index is 1.70. The first-order chi connectivity index (χ1) is 10.6. The van der Waals surface area contributed by atoms with Crippen LogP contribution >= 0.6 is 0 Å². The van der Waals surface area contributed by atoms with Gasteiger partial charge in [0, 0.05) is 18.4 Å². The minimum absolute atomic E-state index is 0.00904. The molecule has 2 rings (SSSR count). The molecule has 0 aliphatic heterocycles. The van der Waals surface area contributed by atoms with Crippen LogP contribution in [-0.2, 0) is 22.4 Å². The summed E-state index contributed by atoms with van der Waals surface area (Å²) in [6, 6.07) is 8.65. The summed E-state index contributed by atoms with van der Waals surface area (Å²) in [7, 11) is 0. The molecule has 1 aliphatic carbocycles. The highest BCUT2D eigenvalue weighted by Crippen LogP contribution is 2.24. The summed E-state index contributed by atoms with van der Waals surface area (Å²) in [5, 5.41) is 3.08. The molecule has 4 nitrogen and oxygen atoms in total. The molecular weight excluding hydrogens is 276 g/mol. The van der Waals surface area contributed by atoms with Crippen molar-refractivity contribution in [2.75, 3.05) is 0 Å². The second-order valence-corrected chi connectivity index (χ2v) is 6.19. The maximum absolute atomic E-state index is 12.0. The number of amides is 2. The fraction of sp³-hybridized carbons (Fsp3) is 0.556. The van der Waals surface area contributed by atoms with E-state index >= 15 is 0 Å². The Hall–Kier alpha value is -1.84. The highest BCUT2D eigenvalue weighted by molar-refractivity contribution is 5.77. The minimum atomic E-state index is -0.208. The summed E-state index contributed by atoms with van der Waals surface area (Å²) in [5.41, 5.74) is 7.84. The molecule has 0 saturated heterocycles. The van der Waals surface area contributed by atoms with E-state index in [9.17, 15) is 9.59 Å². The van der Waals surface area contributed by atoms with Gasteiger partial charge in [-0.15, -0.1) is 0 Å².